The second-order valence-corrected chi connectivity index (χ2v) is 5.88. The van der Waals surface area contributed by atoms with Crippen molar-refractivity contribution in [3.8, 4) is 0 Å². The molecule has 0 saturated carbocycles. The Morgan fingerprint density at radius 2 is 2.16 bits per heavy atom. The minimum absolute atomic E-state index is 0.0974. The fraction of sp³-hybridized carbons (Fsp3) is 0.571. The molecule has 1 rings (SSSR count). The highest BCUT2D eigenvalue weighted by Crippen LogP contribution is 2.30. The van der Waals surface area contributed by atoms with Crippen LogP contribution in [0.25, 0.3) is 0 Å². The summed E-state index contributed by atoms with van der Waals surface area (Å²) < 4.78 is 6.26. The van der Waals surface area contributed by atoms with Gasteiger partial charge < -0.3 is 10.5 Å². The van der Waals surface area contributed by atoms with Crippen LogP contribution in [0, 0.1) is 0 Å². The molecular weight excluding hydrogens is 328 g/mol. The number of rotatable bonds is 7. The zero-order valence-electron chi connectivity index (χ0n) is 11.7. The summed E-state index contributed by atoms with van der Waals surface area (Å²) in [6.07, 6.45) is 0. The average molecular weight is 350 g/mol. The van der Waals surface area contributed by atoms with E-state index in [4.69, 9.17) is 22.1 Å². The van der Waals surface area contributed by atoms with Gasteiger partial charge in [-0.05, 0) is 37.2 Å². The van der Waals surface area contributed by atoms with E-state index in [9.17, 15) is 0 Å². The van der Waals surface area contributed by atoms with Crippen molar-refractivity contribution in [3.63, 3.8) is 0 Å². The lowest BCUT2D eigenvalue weighted by atomic mass is 10.0. The molecule has 0 saturated heterocycles. The Labute approximate surface area is 129 Å². The molecule has 1 aromatic carbocycles. The zero-order valence-corrected chi connectivity index (χ0v) is 14.0. The lowest BCUT2D eigenvalue weighted by Gasteiger charge is -2.35. The molecule has 1 aromatic rings. The average Bonchev–Trinajstić information content (AvgIpc) is 2.39. The molecule has 0 fully saturated rings. The smallest absolute Gasteiger partial charge is 0.0615 e. The van der Waals surface area contributed by atoms with Gasteiger partial charge in [0, 0.05) is 35.2 Å². The molecule has 2 unspecified atom stereocenters. The van der Waals surface area contributed by atoms with Crippen molar-refractivity contribution in [2.24, 2.45) is 5.73 Å². The van der Waals surface area contributed by atoms with Gasteiger partial charge in [0.1, 0.15) is 0 Å². The predicted molar refractivity (Wildman–Crippen MR) is 84.7 cm³/mol. The summed E-state index contributed by atoms with van der Waals surface area (Å²) in [7, 11) is 1.72. The summed E-state index contributed by atoms with van der Waals surface area (Å²) in [6, 6.07) is 6.27. The van der Waals surface area contributed by atoms with Gasteiger partial charge in [-0.2, -0.15) is 0 Å². The first kappa shape index (κ1) is 16.9. The molecule has 2 N–H and O–H groups in total. The standard InChI is InChI=1S/C14H22BrClN2O/c1-4-18(10(2)9-19-3)14(8-17)12-7-11(15)5-6-13(12)16/h5-7,10,14H,4,8-9,17H2,1-3H3. The molecule has 0 aliphatic carbocycles. The summed E-state index contributed by atoms with van der Waals surface area (Å²) in [5, 5.41) is 0.752. The van der Waals surface area contributed by atoms with Crippen LogP contribution in [0.3, 0.4) is 0 Å². The molecular formula is C14H22BrClN2O. The van der Waals surface area contributed by atoms with Crippen LogP contribution in [0.5, 0.6) is 0 Å². The summed E-state index contributed by atoms with van der Waals surface area (Å²) in [5.41, 5.74) is 7.04. The fourth-order valence-corrected chi connectivity index (χ4v) is 3.01. The number of nitrogens with two attached hydrogens (primary N) is 1. The van der Waals surface area contributed by atoms with Crippen molar-refractivity contribution in [2.45, 2.75) is 25.9 Å². The van der Waals surface area contributed by atoms with Crippen molar-refractivity contribution in [3.05, 3.63) is 33.3 Å². The number of benzene rings is 1. The van der Waals surface area contributed by atoms with Crippen LogP contribution in [0.1, 0.15) is 25.5 Å². The number of nitrogens with zero attached hydrogens (tertiary/aromatic N) is 1. The third-order valence-corrected chi connectivity index (χ3v) is 4.12. The molecule has 0 bridgehead atoms. The molecule has 0 aromatic heterocycles. The Balaban J connectivity index is 3.06. The highest BCUT2D eigenvalue weighted by atomic mass is 79.9. The molecule has 3 nitrogen and oxygen atoms in total. The quantitative estimate of drug-likeness (QED) is 0.819. The lowest BCUT2D eigenvalue weighted by Crippen LogP contribution is -2.42. The summed E-state index contributed by atoms with van der Waals surface area (Å²) in [6.45, 7) is 6.37. The topological polar surface area (TPSA) is 38.5 Å². The maximum absolute atomic E-state index is 6.32. The Hall–Kier alpha value is -0.130. The van der Waals surface area contributed by atoms with Gasteiger partial charge in [-0.1, -0.05) is 34.5 Å². The summed E-state index contributed by atoms with van der Waals surface area (Å²) in [4.78, 5) is 2.32. The van der Waals surface area contributed by atoms with E-state index in [-0.39, 0.29) is 6.04 Å². The molecule has 0 spiro atoms. The van der Waals surface area contributed by atoms with Crippen LogP contribution >= 0.6 is 27.5 Å². The number of hydrogen-bond acceptors (Lipinski definition) is 3. The summed E-state index contributed by atoms with van der Waals surface area (Å²) >= 11 is 9.81. The monoisotopic (exact) mass is 348 g/mol. The van der Waals surface area contributed by atoms with Crippen LogP contribution in [0.4, 0.5) is 0 Å². The Morgan fingerprint density at radius 3 is 2.68 bits per heavy atom. The number of hydrogen-bond donors (Lipinski definition) is 1. The molecule has 19 heavy (non-hydrogen) atoms. The van der Waals surface area contributed by atoms with Gasteiger partial charge in [0.2, 0.25) is 0 Å². The van der Waals surface area contributed by atoms with Crippen LogP contribution in [-0.4, -0.2) is 37.7 Å². The van der Waals surface area contributed by atoms with E-state index in [0.717, 1.165) is 21.6 Å². The summed E-state index contributed by atoms with van der Waals surface area (Å²) in [5.74, 6) is 0. The first-order valence-corrected chi connectivity index (χ1v) is 7.61. The van der Waals surface area contributed by atoms with Gasteiger partial charge in [-0.15, -0.1) is 0 Å². The fourth-order valence-electron chi connectivity index (χ4n) is 2.39. The van der Waals surface area contributed by atoms with Gasteiger partial charge in [0.25, 0.3) is 0 Å². The van der Waals surface area contributed by atoms with Gasteiger partial charge in [-0.25, -0.2) is 0 Å². The minimum Gasteiger partial charge on any atom is -0.383 e. The number of halogens is 2. The third-order valence-electron chi connectivity index (χ3n) is 3.28. The second-order valence-electron chi connectivity index (χ2n) is 4.55. The van der Waals surface area contributed by atoms with E-state index in [2.05, 4.69) is 34.7 Å². The van der Waals surface area contributed by atoms with Gasteiger partial charge in [-0.3, -0.25) is 4.90 Å². The van der Waals surface area contributed by atoms with Gasteiger partial charge in [0.15, 0.2) is 0 Å². The molecule has 0 aliphatic rings. The van der Waals surface area contributed by atoms with Crippen molar-refractivity contribution in [1.29, 1.82) is 0 Å². The zero-order chi connectivity index (χ0) is 14.4. The van der Waals surface area contributed by atoms with Gasteiger partial charge in [0.05, 0.1) is 6.61 Å². The van der Waals surface area contributed by atoms with Crippen molar-refractivity contribution < 1.29 is 4.74 Å². The maximum Gasteiger partial charge on any atom is 0.0615 e. The number of methoxy groups -OCH3 is 1. The Kier molecular flexibility index (Phi) is 7.32. The van der Waals surface area contributed by atoms with Crippen LogP contribution in [0.2, 0.25) is 5.02 Å². The van der Waals surface area contributed by atoms with E-state index >= 15 is 0 Å². The van der Waals surface area contributed by atoms with E-state index in [1.165, 1.54) is 0 Å². The minimum atomic E-state index is 0.0974. The van der Waals surface area contributed by atoms with Crippen molar-refractivity contribution in [2.75, 3.05) is 26.8 Å². The lowest BCUT2D eigenvalue weighted by molar-refractivity contribution is 0.0751. The molecule has 0 amide bonds. The van der Waals surface area contributed by atoms with Crippen LogP contribution in [0.15, 0.2) is 22.7 Å². The van der Waals surface area contributed by atoms with E-state index in [0.29, 0.717) is 19.2 Å². The molecule has 0 radical (unpaired) electrons. The third kappa shape index (κ3) is 4.43. The predicted octanol–water partition coefficient (Wildman–Crippen LogP) is 3.46. The molecule has 2 atom stereocenters. The molecule has 108 valence electrons. The van der Waals surface area contributed by atoms with Crippen LogP contribution < -0.4 is 5.73 Å². The van der Waals surface area contributed by atoms with E-state index < -0.39 is 0 Å². The maximum atomic E-state index is 6.32. The molecule has 0 heterocycles. The number of likely N-dealkylation sites (N-methyl/N-ethyl adjacent to an activating group) is 1. The SMILES string of the molecule is CCN(C(C)COC)C(CN)c1cc(Br)ccc1Cl. The highest BCUT2D eigenvalue weighted by Gasteiger charge is 2.24. The first-order valence-electron chi connectivity index (χ1n) is 6.44. The Bertz CT molecular complexity index is 403. The Morgan fingerprint density at radius 1 is 1.47 bits per heavy atom. The van der Waals surface area contributed by atoms with Crippen molar-refractivity contribution >= 4 is 27.5 Å². The molecule has 0 aliphatic heterocycles. The highest BCUT2D eigenvalue weighted by molar-refractivity contribution is 9.10. The van der Waals surface area contributed by atoms with E-state index in [1.54, 1.807) is 7.11 Å². The van der Waals surface area contributed by atoms with Crippen molar-refractivity contribution in [1.82, 2.24) is 4.90 Å². The van der Waals surface area contributed by atoms with E-state index in [1.807, 2.05) is 18.2 Å². The second kappa shape index (κ2) is 8.22. The normalized spacial score (nSPS) is 14.7. The van der Waals surface area contributed by atoms with Crippen LogP contribution in [-0.2, 0) is 4.74 Å². The first-order chi connectivity index (χ1) is 9.04. The largest absolute Gasteiger partial charge is 0.383 e. The number of ether oxygens (including phenoxy) is 1. The molecule has 5 heteroatoms. The van der Waals surface area contributed by atoms with Gasteiger partial charge >= 0.3 is 0 Å².